The van der Waals surface area contributed by atoms with Gasteiger partial charge < -0.3 is 24.0 Å². The van der Waals surface area contributed by atoms with Crippen LogP contribution < -0.4 is 9.47 Å². The third kappa shape index (κ3) is 7.31. The second kappa shape index (κ2) is 13.2. The second-order valence-electron chi connectivity index (χ2n) is 9.85. The van der Waals surface area contributed by atoms with E-state index in [9.17, 15) is 10.1 Å². The van der Waals surface area contributed by atoms with Crippen LogP contribution in [0.3, 0.4) is 0 Å². The molecule has 0 atom stereocenters. The molecule has 204 valence electrons. The Bertz CT molecular complexity index is 1330. The Labute approximate surface area is 230 Å². The van der Waals surface area contributed by atoms with Gasteiger partial charge in [0.2, 0.25) is 0 Å². The molecule has 1 aliphatic rings. The lowest BCUT2D eigenvalue weighted by atomic mass is 10.1. The molecule has 0 unspecified atom stereocenters. The van der Waals surface area contributed by atoms with E-state index >= 15 is 0 Å². The Morgan fingerprint density at radius 2 is 1.87 bits per heavy atom. The van der Waals surface area contributed by atoms with Crippen molar-refractivity contribution in [1.82, 2.24) is 19.8 Å². The van der Waals surface area contributed by atoms with Crippen molar-refractivity contribution < 1.29 is 19.0 Å². The summed E-state index contributed by atoms with van der Waals surface area (Å²) in [7, 11) is 7.31. The first kappa shape index (κ1) is 28.0. The summed E-state index contributed by atoms with van der Waals surface area (Å²) in [6.07, 6.45) is 3.86. The number of likely N-dealkylation sites (N-methyl/N-ethyl adjacent to an activating group) is 2. The molecule has 0 N–H and O–H groups in total. The van der Waals surface area contributed by atoms with Gasteiger partial charge in [0.25, 0.3) is 5.91 Å². The molecule has 2 heterocycles. The molecule has 1 fully saturated rings. The Morgan fingerprint density at radius 1 is 1.08 bits per heavy atom. The van der Waals surface area contributed by atoms with Gasteiger partial charge in [-0.25, -0.2) is 9.97 Å². The molecule has 1 aliphatic heterocycles. The zero-order chi connectivity index (χ0) is 27.8. The van der Waals surface area contributed by atoms with E-state index in [1.807, 2.05) is 49.3 Å². The van der Waals surface area contributed by atoms with Gasteiger partial charge >= 0.3 is 0 Å². The smallest absolute Gasteiger partial charge is 0.257 e. The van der Waals surface area contributed by atoms with Gasteiger partial charge in [-0.15, -0.1) is 0 Å². The Hall–Kier alpha value is -4.00. The average molecular weight is 530 g/mol. The van der Waals surface area contributed by atoms with Crippen LogP contribution in [0.2, 0.25) is 0 Å². The highest BCUT2D eigenvalue weighted by Gasteiger charge is 2.19. The van der Waals surface area contributed by atoms with Gasteiger partial charge in [0.1, 0.15) is 29.5 Å². The predicted octanol–water partition coefficient (Wildman–Crippen LogP) is 3.81. The molecule has 2 aromatic carbocycles. The molecule has 1 aromatic heterocycles. The number of carbonyl (C=O) groups excluding carboxylic acids is 1. The number of carbonyl (C=O) groups is 1. The highest BCUT2D eigenvalue weighted by molar-refractivity contribution is 5.96. The summed E-state index contributed by atoms with van der Waals surface area (Å²) >= 11 is 0. The summed E-state index contributed by atoms with van der Waals surface area (Å²) in [5.74, 6) is 1.63. The molecule has 3 aromatic rings. The molecule has 0 aliphatic carbocycles. The summed E-state index contributed by atoms with van der Waals surface area (Å²) in [6, 6.07) is 15.2. The minimum atomic E-state index is -0.0870. The van der Waals surface area contributed by atoms with Crippen LogP contribution in [-0.4, -0.2) is 86.3 Å². The van der Waals surface area contributed by atoms with Gasteiger partial charge in [-0.05, 0) is 56.1 Å². The van der Waals surface area contributed by atoms with Crippen LogP contribution in [0.4, 0.5) is 0 Å². The third-order valence-corrected chi connectivity index (χ3v) is 6.65. The lowest BCUT2D eigenvalue weighted by molar-refractivity contribution is 0.0254. The minimum Gasteiger partial charge on any atom is -0.496 e. The van der Waals surface area contributed by atoms with E-state index in [0.717, 1.165) is 36.2 Å². The van der Waals surface area contributed by atoms with Gasteiger partial charge in [0, 0.05) is 51.2 Å². The van der Waals surface area contributed by atoms with Crippen molar-refractivity contribution >= 4 is 5.91 Å². The lowest BCUT2D eigenvalue weighted by Gasteiger charge is -2.23. The maximum atomic E-state index is 13.0. The number of nitriles is 1. The summed E-state index contributed by atoms with van der Waals surface area (Å²) in [6.45, 7) is 2.74. The maximum absolute atomic E-state index is 13.0. The fourth-order valence-corrected chi connectivity index (χ4v) is 4.36. The van der Waals surface area contributed by atoms with E-state index in [1.165, 1.54) is 0 Å². The van der Waals surface area contributed by atoms with E-state index in [2.05, 4.69) is 11.1 Å². The van der Waals surface area contributed by atoms with Crippen LogP contribution in [0.1, 0.15) is 40.2 Å². The number of benzene rings is 2. The Morgan fingerprint density at radius 3 is 2.59 bits per heavy atom. The fourth-order valence-electron chi connectivity index (χ4n) is 4.36. The Balaban J connectivity index is 1.49. The molecule has 9 heteroatoms. The summed E-state index contributed by atoms with van der Waals surface area (Å²) in [5, 5.41) is 9.74. The zero-order valence-electron chi connectivity index (χ0n) is 23.0. The molecule has 0 radical (unpaired) electrons. The molecule has 0 bridgehead atoms. The maximum Gasteiger partial charge on any atom is 0.257 e. The van der Waals surface area contributed by atoms with Crippen molar-refractivity contribution in [3.8, 4) is 28.8 Å². The number of amides is 1. The van der Waals surface area contributed by atoms with Gasteiger partial charge in [0.05, 0.1) is 37.1 Å². The molecule has 0 saturated carbocycles. The SMILES string of the molecule is COc1cc(Cc2nccc(-c3ccc(OC4CCOCC4)c(C#N)c3)n2)ccc1C(=O)N(C)CCN(C)C. The molecule has 1 saturated heterocycles. The van der Waals surface area contributed by atoms with E-state index in [1.54, 1.807) is 37.4 Å². The van der Waals surface area contributed by atoms with Gasteiger partial charge in [-0.3, -0.25) is 4.79 Å². The van der Waals surface area contributed by atoms with Crippen LogP contribution in [-0.2, 0) is 11.2 Å². The van der Waals surface area contributed by atoms with E-state index in [0.29, 0.717) is 54.6 Å². The van der Waals surface area contributed by atoms with Crippen LogP contribution in [0.5, 0.6) is 11.5 Å². The van der Waals surface area contributed by atoms with Gasteiger partial charge in [0.15, 0.2) is 0 Å². The number of aromatic nitrogens is 2. The normalized spacial score (nSPS) is 13.6. The number of rotatable bonds is 10. The lowest BCUT2D eigenvalue weighted by Crippen LogP contribution is -2.33. The Kier molecular flexibility index (Phi) is 9.47. The average Bonchev–Trinajstić information content (AvgIpc) is 2.96. The van der Waals surface area contributed by atoms with Gasteiger partial charge in [-0.1, -0.05) is 6.07 Å². The van der Waals surface area contributed by atoms with Crippen molar-refractivity contribution in [3.05, 3.63) is 71.2 Å². The van der Waals surface area contributed by atoms with Crippen molar-refractivity contribution in [1.29, 1.82) is 5.26 Å². The van der Waals surface area contributed by atoms with Crippen molar-refractivity contribution in [3.63, 3.8) is 0 Å². The van der Waals surface area contributed by atoms with E-state index in [4.69, 9.17) is 19.2 Å². The number of ether oxygens (including phenoxy) is 3. The van der Waals surface area contributed by atoms with Crippen LogP contribution in [0.25, 0.3) is 11.3 Å². The fraction of sp³-hybridized carbons (Fsp3) is 0.400. The van der Waals surface area contributed by atoms with Crippen molar-refractivity contribution in [2.75, 3.05) is 54.6 Å². The molecule has 9 nitrogen and oxygen atoms in total. The summed E-state index contributed by atoms with van der Waals surface area (Å²) in [4.78, 5) is 25.9. The molecule has 1 amide bonds. The number of nitrogens with zero attached hydrogens (tertiary/aromatic N) is 5. The number of methoxy groups -OCH3 is 1. The third-order valence-electron chi connectivity index (χ3n) is 6.65. The molecule has 4 rings (SSSR count). The number of hydrogen-bond acceptors (Lipinski definition) is 8. The van der Waals surface area contributed by atoms with Crippen LogP contribution in [0, 0.1) is 11.3 Å². The second-order valence-corrected chi connectivity index (χ2v) is 9.85. The van der Waals surface area contributed by atoms with E-state index in [-0.39, 0.29) is 12.0 Å². The number of hydrogen-bond donors (Lipinski definition) is 0. The largest absolute Gasteiger partial charge is 0.496 e. The summed E-state index contributed by atoms with van der Waals surface area (Å²) < 4.78 is 17.0. The monoisotopic (exact) mass is 529 g/mol. The topological polar surface area (TPSA) is 101 Å². The van der Waals surface area contributed by atoms with Crippen LogP contribution in [0.15, 0.2) is 48.7 Å². The van der Waals surface area contributed by atoms with Crippen LogP contribution >= 0.6 is 0 Å². The highest BCUT2D eigenvalue weighted by atomic mass is 16.5. The standard InChI is InChI=1S/C30H35N5O4/c1-34(2)13-14-35(3)30(36)25-7-5-21(17-28(25)37-4)18-29-32-12-9-26(33-29)22-6-8-27(23(19-22)20-31)39-24-10-15-38-16-11-24/h5-9,12,17,19,24H,10-11,13-16,18H2,1-4H3. The molecule has 39 heavy (non-hydrogen) atoms. The molecule has 0 spiro atoms. The minimum absolute atomic E-state index is 0.0551. The molecular weight excluding hydrogens is 494 g/mol. The molecular formula is C30H35N5O4. The highest BCUT2D eigenvalue weighted by Crippen LogP contribution is 2.28. The predicted molar refractivity (Wildman–Crippen MR) is 148 cm³/mol. The quantitative estimate of drug-likeness (QED) is 0.391. The zero-order valence-corrected chi connectivity index (χ0v) is 23.0. The van der Waals surface area contributed by atoms with Crippen molar-refractivity contribution in [2.24, 2.45) is 0 Å². The van der Waals surface area contributed by atoms with Crippen molar-refractivity contribution in [2.45, 2.75) is 25.4 Å². The first-order valence-electron chi connectivity index (χ1n) is 13.1. The first-order valence-corrected chi connectivity index (χ1v) is 13.1. The van der Waals surface area contributed by atoms with Gasteiger partial charge in [-0.2, -0.15) is 5.26 Å². The first-order chi connectivity index (χ1) is 18.9. The summed E-state index contributed by atoms with van der Waals surface area (Å²) in [5.41, 5.74) is 3.45. The van der Waals surface area contributed by atoms with E-state index < -0.39 is 0 Å².